The molecule has 0 aliphatic heterocycles. The van der Waals surface area contributed by atoms with Crippen molar-refractivity contribution in [3.63, 3.8) is 0 Å². The highest BCUT2D eigenvalue weighted by atomic mass is 19.1. The molecule has 0 bridgehead atoms. The molecule has 2 N–H and O–H groups in total. The lowest BCUT2D eigenvalue weighted by atomic mass is 9.82. The fourth-order valence-corrected chi connectivity index (χ4v) is 2.49. The second-order valence-electron chi connectivity index (χ2n) is 6.38. The second-order valence-corrected chi connectivity index (χ2v) is 6.38. The van der Waals surface area contributed by atoms with Gasteiger partial charge in [0.05, 0.1) is 0 Å². The van der Waals surface area contributed by atoms with Crippen molar-refractivity contribution < 1.29 is 8.78 Å². The Morgan fingerprint density at radius 3 is 2.39 bits per heavy atom. The van der Waals surface area contributed by atoms with Gasteiger partial charge in [0, 0.05) is 11.6 Å². The minimum Gasteiger partial charge on any atom is -0.324 e. The van der Waals surface area contributed by atoms with E-state index in [1.807, 2.05) is 0 Å². The van der Waals surface area contributed by atoms with E-state index in [1.165, 1.54) is 6.07 Å². The summed E-state index contributed by atoms with van der Waals surface area (Å²) in [6, 6.07) is 3.01. The van der Waals surface area contributed by atoms with E-state index < -0.39 is 17.7 Å². The third-order valence-corrected chi connectivity index (χ3v) is 2.97. The molecule has 0 aromatic heterocycles. The van der Waals surface area contributed by atoms with Crippen LogP contribution in [0.3, 0.4) is 0 Å². The summed E-state index contributed by atoms with van der Waals surface area (Å²) >= 11 is 0. The van der Waals surface area contributed by atoms with Crippen LogP contribution in [0, 0.1) is 23.0 Å². The fraction of sp³-hybridized carbons (Fsp3) is 0.600. The molecular formula is C15H23F2N. The predicted octanol–water partition coefficient (Wildman–Crippen LogP) is 4.43. The van der Waals surface area contributed by atoms with Crippen LogP contribution in [0.15, 0.2) is 18.2 Å². The summed E-state index contributed by atoms with van der Waals surface area (Å²) < 4.78 is 26.7. The molecule has 0 saturated carbocycles. The maximum absolute atomic E-state index is 13.6. The molecule has 3 heteroatoms. The Kier molecular flexibility index (Phi) is 4.85. The second kappa shape index (κ2) is 5.79. The number of rotatable bonds is 4. The molecule has 2 unspecified atom stereocenters. The molecule has 1 nitrogen and oxygen atoms in total. The molecule has 1 aromatic rings. The van der Waals surface area contributed by atoms with Crippen LogP contribution in [-0.2, 0) is 0 Å². The lowest BCUT2D eigenvalue weighted by Crippen LogP contribution is -2.19. The Hall–Kier alpha value is -0.960. The van der Waals surface area contributed by atoms with Crippen LogP contribution in [0.5, 0.6) is 0 Å². The molecule has 0 spiro atoms. The van der Waals surface area contributed by atoms with Crippen molar-refractivity contribution in [1.29, 1.82) is 0 Å². The number of hydrogen-bond donors (Lipinski definition) is 1. The average Bonchev–Trinajstić information content (AvgIpc) is 2.18. The van der Waals surface area contributed by atoms with Crippen molar-refractivity contribution in [2.45, 2.75) is 46.6 Å². The lowest BCUT2D eigenvalue weighted by Gasteiger charge is -2.25. The number of halogens is 2. The van der Waals surface area contributed by atoms with Crippen LogP contribution in [0.25, 0.3) is 0 Å². The largest absolute Gasteiger partial charge is 0.324 e. The van der Waals surface area contributed by atoms with Gasteiger partial charge in [-0.05, 0) is 42.4 Å². The van der Waals surface area contributed by atoms with Gasteiger partial charge >= 0.3 is 0 Å². The van der Waals surface area contributed by atoms with E-state index in [2.05, 4.69) is 27.7 Å². The molecule has 18 heavy (non-hydrogen) atoms. The quantitative estimate of drug-likeness (QED) is 0.846. The highest BCUT2D eigenvalue weighted by Crippen LogP contribution is 2.30. The standard InChI is InChI=1S/C15H23F2N/c1-10(9-15(2,3)4)7-14(18)12-8-11(16)5-6-13(12)17/h5-6,8,10,14H,7,9,18H2,1-4H3. The molecular weight excluding hydrogens is 232 g/mol. The van der Waals surface area contributed by atoms with Crippen molar-refractivity contribution in [2.24, 2.45) is 17.1 Å². The van der Waals surface area contributed by atoms with Gasteiger partial charge in [-0.15, -0.1) is 0 Å². The first-order chi connectivity index (χ1) is 8.19. The zero-order valence-electron chi connectivity index (χ0n) is 11.6. The monoisotopic (exact) mass is 255 g/mol. The van der Waals surface area contributed by atoms with Gasteiger partial charge < -0.3 is 5.73 Å². The molecule has 0 aliphatic carbocycles. The van der Waals surface area contributed by atoms with Crippen LogP contribution in [0.2, 0.25) is 0 Å². The lowest BCUT2D eigenvalue weighted by molar-refractivity contribution is 0.285. The van der Waals surface area contributed by atoms with E-state index in [0.29, 0.717) is 12.3 Å². The Morgan fingerprint density at radius 2 is 1.83 bits per heavy atom. The molecule has 102 valence electrons. The van der Waals surface area contributed by atoms with Crippen LogP contribution in [-0.4, -0.2) is 0 Å². The fourth-order valence-electron chi connectivity index (χ4n) is 2.49. The Bertz CT molecular complexity index is 396. The van der Waals surface area contributed by atoms with Crippen molar-refractivity contribution in [1.82, 2.24) is 0 Å². The summed E-state index contributed by atoms with van der Waals surface area (Å²) in [5.41, 5.74) is 6.47. The highest BCUT2D eigenvalue weighted by molar-refractivity contribution is 5.22. The average molecular weight is 255 g/mol. The minimum atomic E-state index is -0.446. The molecule has 1 aromatic carbocycles. The molecule has 1 rings (SSSR count). The van der Waals surface area contributed by atoms with Crippen LogP contribution in [0.4, 0.5) is 8.78 Å². The zero-order chi connectivity index (χ0) is 13.9. The first kappa shape index (κ1) is 15.1. The predicted molar refractivity (Wildman–Crippen MR) is 71.1 cm³/mol. The summed E-state index contributed by atoms with van der Waals surface area (Å²) in [7, 11) is 0. The van der Waals surface area contributed by atoms with Gasteiger partial charge in [0.1, 0.15) is 11.6 Å². The summed E-state index contributed by atoms with van der Waals surface area (Å²) in [6.45, 7) is 8.59. The molecule has 0 saturated heterocycles. The third-order valence-electron chi connectivity index (χ3n) is 2.97. The Balaban J connectivity index is 2.70. The van der Waals surface area contributed by atoms with E-state index in [4.69, 9.17) is 5.73 Å². The molecule has 0 amide bonds. The van der Waals surface area contributed by atoms with Crippen molar-refractivity contribution in [2.75, 3.05) is 0 Å². The Morgan fingerprint density at radius 1 is 1.22 bits per heavy atom. The van der Waals surface area contributed by atoms with Gasteiger partial charge in [-0.1, -0.05) is 27.7 Å². The number of hydrogen-bond acceptors (Lipinski definition) is 1. The zero-order valence-corrected chi connectivity index (χ0v) is 11.6. The van der Waals surface area contributed by atoms with Gasteiger partial charge in [0.25, 0.3) is 0 Å². The summed E-state index contributed by atoms with van der Waals surface area (Å²) in [5, 5.41) is 0. The topological polar surface area (TPSA) is 26.0 Å². The smallest absolute Gasteiger partial charge is 0.128 e. The maximum atomic E-state index is 13.6. The van der Waals surface area contributed by atoms with E-state index in [0.717, 1.165) is 18.6 Å². The van der Waals surface area contributed by atoms with Crippen molar-refractivity contribution in [3.05, 3.63) is 35.4 Å². The maximum Gasteiger partial charge on any atom is 0.128 e. The highest BCUT2D eigenvalue weighted by Gasteiger charge is 2.20. The SMILES string of the molecule is CC(CC(N)c1cc(F)ccc1F)CC(C)(C)C. The number of benzene rings is 1. The molecule has 0 fully saturated rings. The van der Waals surface area contributed by atoms with Crippen LogP contribution < -0.4 is 5.73 Å². The summed E-state index contributed by atoms with van der Waals surface area (Å²) in [6.07, 6.45) is 1.68. The van der Waals surface area contributed by atoms with Gasteiger partial charge in [-0.25, -0.2) is 8.78 Å². The normalized spacial score (nSPS) is 15.5. The Labute approximate surface area is 108 Å². The summed E-state index contributed by atoms with van der Waals surface area (Å²) in [5.74, 6) is -0.486. The van der Waals surface area contributed by atoms with Gasteiger partial charge in [-0.3, -0.25) is 0 Å². The molecule has 0 heterocycles. The van der Waals surface area contributed by atoms with E-state index >= 15 is 0 Å². The molecule has 0 aliphatic rings. The minimum absolute atomic E-state index is 0.222. The first-order valence-corrected chi connectivity index (χ1v) is 6.39. The van der Waals surface area contributed by atoms with Crippen LogP contribution in [0.1, 0.15) is 52.1 Å². The summed E-state index contributed by atoms with van der Waals surface area (Å²) in [4.78, 5) is 0. The van der Waals surface area contributed by atoms with Crippen molar-refractivity contribution in [3.8, 4) is 0 Å². The van der Waals surface area contributed by atoms with E-state index in [1.54, 1.807) is 0 Å². The molecule has 2 atom stereocenters. The van der Waals surface area contributed by atoms with Gasteiger partial charge in [0.15, 0.2) is 0 Å². The third kappa shape index (κ3) is 4.73. The van der Waals surface area contributed by atoms with E-state index in [-0.39, 0.29) is 11.0 Å². The van der Waals surface area contributed by atoms with Crippen molar-refractivity contribution >= 4 is 0 Å². The first-order valence-electron chi connectivity index (χ1n) is 6.39. The number of nitrogens with two attached hydrogens (primary N) is 1. The van der Waals surface area contributed by atoms with Gasteiger partial charge in [-0.2, -0.15) is 0 Å². The van der Waals surface area contributed by atoms with Gasteiger partial charge in [0.2, 0.25) is 0 Å². The molecule has 0 radical (unpaired) electrons. The van der Waals surface area contributed by atoms with Crippen LogP contribution >= 0.6 is 0 Å². The van der Waals surface area contributed by atoms with E-state index in [9.17, 15) is 8.78 Å².